The fraction of sp³-hybridized carbons (Fsp3) is 0.840. The van der Waals surface area contributed by atoms with Crippen molar-refractivity contribution in [2.75, 3.05) is 6.61 Å². The van der Waals surface area contributed by atoms with Crippen molar-refractivity contribution in [2.45, 2.75) is 84.2 Å². The van der Waals surface area contributed by atoms with Crippen LogP contribution in [0.2, 0.25) is 0 Å². The van der Waals surface area contributed by atoms with Gasteiger partial charge in [-0.25, -0.2) is 0 Å². The van der Waals surface area contributed by atoms with Crippen LogP contribution in [0.15, 0.2) is 12.7 Å². The van der Waals surface area contributed by atoms with Crippen LogP contribution in [-0.4, -0.2) is 29.6 Å². The summed E-state index contributed by atoms with van der Waals surface area (Å²) in [4.78, 5) is 25.5. The maximum absolute atomic E-state index is 12.9. The molecule has 0 aromatic heterocycles. The van der Waals surface area contributed by atoms with Crippen molar-refractivity contribution in [3.8, 4) is 0 Å². The van der Waals surface area contributed by atoms with Crippen LogP contribution in [0.3, 0.4) is 0 Å². The highest BCUT2D eigenvalue weighted by molar-refractivity contribution is 5.99. The Labute approximate surface area is 175 Å². The molecule has 1 N–H and O–H groups in total. The van der Waals surface area contributed by atoms with E-state index in [1.165, 1.54) is 0 Å². The Morgan fingerprint density at radius 3 is 2.62 bits per heavy atom. The van der Waals surface area contributed by atoms with Gasteiger partial charge in [0, 0.05) is 6.42 Å². The number of rotatable bonds is 4. The lowest BCUT2D eigenvalue weighted by molar-refractivity contribution is -0.154. The number of fused-ring (bicyclic) bond motifs is 5. The van der Waals surface area contributed by atoms with Crippen LogP contribution in [0.1, 0.15) is 78.1 Å². The van der Waals surface area contributed by atoms with Gasteiger partial charge >= 0.3 is 5.97 Å². The van der Waals surface area contributed by atoms with Gasteiger partial charge < -0.3 is 9.84 Å². The van der Waals surface area contributed by atoms with Crippen LogP contribution in [-0.2, 0) is 14.3 Å². The van der Waals surface area contributed by atoms with Gasteiger partial charge in [0.1, 0.15) is 11.7 Å². The first kappa shape index (κ1) is 21.1. The lowest BCUT2D eigenvalue weighted by atomic mass is 9.47. The Morgan fingerprint density at radius 2 is 1.90 bits per heavy atom. The third-order valence-electron chi connectivity index (χ3n) is 9.54. The van der Waals surface area contributed by atoms with E-state index in [1.807, 2.05) is 13.0 Å². The van der Waals surface area contributed by atoms with E-state index in [0.717, 1.165) is 51.4 Å². The standard InChI is InChI=1S/C25H38O4/c1-4-12-25-14-11-16-17(10-13-24(3)19(16)7-9-22(24)27)20(25)6-8-21(26)18(15-25)23(28)29-5-2/h4,16-20,22,27H,1,5-15H2,2-3H3/t16?,17?,18?,19?,20?,22-,24?,25?/m0/s1. The summed E-state index contributed by atoms with van der Waals surface area (Å²) in [6.07, 6.45) is 11.3. The van der Waals surface area contributed by atoms with Crippen molar-refractivity contribution in [3.05, 3.63) is 12.7 Å². The van der Waals surface area contributed by atoms with E-state index in [-0.39, 0.29) is 28.7 Å². The third kappa shape index (κ3) is 3.30. The highest BCUT2D eigenvalue weighted by Crippen LogP contribution is 2.65. The molecule has 162 valence electrons. The topological polar surface area (TPSA) is 63.6 Å². The molecule has 0 aliphatic heterocycles. The van der Waals surface area contributed by atoms with E-state index in [2.05, 4.69) is 13.5 Å². The molecule has 0 bridgehead atoms. The molecule has 8 atom stereocenters. The van der Waals surface area contributed by atoms with Gasteiger partial charge in [0.05, 0.1) is 12.7 Å². The van der Waals surface area contributed by atoms with Gasteiger partial charge in [0.2, 0.25) is 0 Å². The molecule has 4 nitrogen and oxygen atoms in total. The van der Waals surface area contributed by atoms with Crippen molar-refractivity contribution in [3.63, 3.8) is 0 Å². The molecular formula is C25H38O4. The Hall–Kier alpha value is -1.16. The van der Waals surface area contributed by atoms with Crippen molar-refractivity contribution in [2.24, 2.45) is 40.4 Å². The second-order valence-corrected chi connectivity index (χ2v) is 10.6. The number of Topliss-reactive ketones (excluding diaryl/α,β-unsaturated/α-hetero) is 1. The predicted molar refractivity (Wildman–Crippen MR) is 112 cm³/mol. The highest BCUT2D eigenvalue weighted by atomic mass is 16.5. The Balaban J connectivity index is 1.64. The minimum atomic E-state index is -0.599. The predicted octanol–water partition coefficient (Wildman–Crippen LogP) is 4.69. The summed E-state index contributed by atoms with van der Waals surface area (Å²) in [5.41, 5.74) is 0.0745. The maximum Gasteiger partial charge on any atom is 0.316 e. The summed E-state index contributed by atoms with van der Waals surface area (Å²) in [6.45, 7) is 8.48. The van der Waals surface area contributed by atoms with E-state index >= 15 is 0 Å². The van der Waals surface area contributed by atoms with Crippen LogP contribution in [0.25, 0.3) is 0 Å². The average molecular weight is 403 g/mol. The van der Waals surface area contributed by atoms with Crippen LogP contribution in [0.5, 0.6) is 0 Å². The number of esters is 1. The molecule has 0 amide bonds. The fourth-order valence-corrected chi connectivity index (χ4v) is 8.15. The van der Waals surface area contributed by atoms with E-state index in [9.17, 15) is 14.7 Å². The molecule has 29 heavy (non-hydrogen) atoms. The quantitative estimate of drug-likeness (QED) is 0.421. The first-order valence-corrected chi connectivity index (χ1v) is 11.8. The molecule has 0 heterocycles. The number of ether oxygens (including phenoxy) is 1. The van der Waals surface area contributed by atoms with Gasteiger partial charge in [-0.2, -0.15) is 0 Å². The van der Waals surface area contributed by atoms with Crippen molar-refractivity contribution < 1.29 is 19.4 Å². The molecule has 0 aromatic carbocycles. The zero-order valence-corrected chi connectivity index (χ0v) is 18.2. The summed E-state index contributed by atoms with van der Waals surface area (Å²) in [7, 11) is 0. The maximum atomic E-state index is 12.9. The molecule has 4 heteroatoms. The zero-order valence-electron chi connectivity index (χ0n) is 18.2. The molecule has 4 aliphatic rings. The monoisotopic (exact) mass is 402 g/mol. The zero-order chi connectivity index (χ0) is 20.8. The van der Waals surface area contributed by atoms with E-state index in [1.54, 1.807) is 0 Å². The van der Waals surface area contributed by atoms with Gasteiger partial charge in [-0.3, -0.25) is 9.59 Å². The van der Waals surface area contributed by atoms with Gasteiger partial charge in [-0.05, 0) is 99.2 Å². The van der Waals surface area contributed by atoms with Crippen LogP contribution in [0.4, 0.5) is 0 Å². The Bertz CT molecular complexity index is 672. The molecule has 0 radical (unpaired) electrons. The summed E-state index contributed by atoms with van der Waals surface area (Å²) in [5.74, 6) is 1.51. The molecule has 0 aromatic rings. The SMILES string of the molecule is C=CCC12CCC3C(CCC4(C)C3CC[C@@H]4O)C1CCC(=O)C(C(=O)OCC)C2. The Kier molecular flexibility index (Phi) is 5.69. The fourth-order valence-electron chi connectivity index (χ4n) is 8.15. The number of carbonyl (C=O) groups excluding carboxylic acids is 2. The number of hydrogen-bond donors (Lipinski definition) is 1. The van der Waals surface area contributed by atoms with Crippen molar-refractivity contribution >= 4 is 11.8 Å². The smallest absolute Gasteiger partial charge is 0.316 e. The van der Waals surface area contributed by atoms with Crippen LogP contribution < -0.4 is 0 Å². The molecule has 0 spiro atoms. The molecule has 4 rings (SSSR count). The first-order chi connectivity index (χ1) is 13.9. The summed E-state index contributed by atoms with van der Waals surface area (Å²) in [6, 6.07) is 0. The van der Waals surface area contributed by atoms with Gasteiger partial charge in [0.15, 0.2) is 0 Å². The number of ketones is 1. The molecule has 0 saturated heterocycles. The van der Waals surface area contributed by atoms with Gasteiger partial charge in [0.25, 0.3) is 0 Å². The van der Waals surface area contributed by atoms with E-state index in [0.29, 0.717) is 43.1 Å². The normalized spacial score (nSPS) is 46.8. The van der Waals surface area contributed by atoms with Crippen LogP contribution >= 0.6 is 0 Å². The molecule has 4 saturated carbocycles. The molecule has 4 fully saturated rings. The van der Waals surface area contributed by atoms with Crippen molar-refractivity contribution in [1.29, 1.82) is 0 Å². The first-order valence-electron chi connectivity index (χ1n) is 11.8. The second kappa shape index (κ2) is 7.83. The lowest BCUT2D eigenvalue weighted by Crippen LogP contribution is -2.51. The van der Waals surface area contributed by atoms with E-state index < -0.39 is 5.92 Å². The van der Waals surface area contributed by atoms with Gasteiger partial charge in [-0.1, -0.05) is 13.0 Å². The number of aliphatic hydroxyl groups is 1. The molecule has 7 unspecified atom stereocenters. The van der Waals surface area contributed by atoms with Gasteiger partial charge in [-0.15, -0.1) is 6.58 Å². The Morgan fingerprint density at radius 1 is 1.17 bits per heavy atom. The van der Waals surface area contributed by atoms with Crippen molar-refractivity contribution in [1.82, 2.24) is 0 Å². The third-order valence-corrected chi connectivity index (χ3v) is 9.54. The highest BCUT2D eigenvalue weighted by Gasteiger charge is 2.60. The summed E-state index contributed by atoms with van der Waals surface area (Å²) < 4.78 is 5.29. The lowest BCUT2D eigenvalue weighted by Gasteiger charge is -2.58. The minimum Gasteiger partial charge on any atom is -0.465 e. The minimum absolute atomic E-state index is 0.00251. The molecular weight excluding hydrogens is 364 g/mol. The van der Waals surface area contributed by atoms with E-state index in [4.69, 9.17) is 4.74 Å². The average Bonchev–Trinajstić information content (AvgIpc) is 2.91. The van der Waals surface area contributed by atoms with Crippen LogP contribution in [0, 0.1) is 40.4 Å². The molecule has 4 aliphatic carbocycles. The summed E-state index contributed by atoms with van der Waals surface area (Å²) in [5, 5.41) is 10.7. The largest absolute Gasteiger partial charge is 0.465 e. The summed E-state index contributed by atoms with van der Waals surface area (Å²) >= 11 is 0. The second-order valence-electron chi connectivity index (χ2n) is 10.6. The number of aliphatic hydroxyl groups excluding tert-OH is 1. The number of carbonyl (C=O) groups is 2. The number of allylic oxidation sites excluding steroid dienone is 1. The number of hydrogen-bond acceptors (Lipinski definition) is 4.